The summed E-state index contributed by atoms with van der Waals surface area (Å²) >= 11 is 0. The van der Waals surface area contributed by atoms with Crippen LogP contribution in [0.3, 0.4) is 0 Å². The number of fused-ring (bicyclic) bond motifs is 2. The van der Waals surface area contributed by atoms with Crippen molar-refractivity contribution >= 4 is 7.92 Å². The van der Waals surface area contributed by atoms with Gasteiger partial charge in [0.25, 0.3) is 0 Å². The molecule has 2 atom stereocenters. The van der Waals surface area contributed by atoms with Crippen LogP contribution in [-0.2, 0) is 0 Å². The topological polar surface area (TPSA) is 0 Å². The van der Waals surface area contributed by atoms with E-state index in [4.69, 9.17) is 0 Å². The van der Waals surface area contributed by atoms with Crippen LogP contribution in [0.25, 0.3) is 0 Å². The molecular formula is C12H23P. The maximum absolute atomic E-state index is 2.58. The highest BCUT2D eigenvalue weighted by atomic mass is 31.1. The zero-order valence-corrected chi connectivity index (χ0v) is 10.3. The SMILES string of the molecule is CCP1C2(C)CCCCC1(C)CC2. The molecule has 2 unspecified atom stereocenters. The lowest BCUT2D eigenvalue weighted by Crippen LogP contribution is -2.22. The summed E-state index contributed by atoms with van der Waals surface area (Å²) in [5, 5.41) is 1.55. The van der Waals surface area contributed by atoms with Gasteiger partial charge in [0.1, 0.15) is 0 Å². The smallest absolute Gasteiger partial charge is 0.0118 e. The fourth-order valence-corrected chi connectivity index (χ4v) is 8.20. The van der Waals surface area contributed by atoms with Crippen LogP contribution in [0.4, 0.5) is 0 Å². The quantitative estimate of drug-likeness (QED) is 0.549. The van der Waals surface area contributed by atoms with Crippen LogP contribution in [0, 0.1) is 0 Å². The molecule has 0 N–H and O–H groups in total. The van der Waals surface area contributed by atoms with Crippen LogP contribution in [0.5, 0.6) is 0 Å². The van der Waals surface area contributed by atoms with Crippen LogP contribution in [0.2, 0.25) is 0 Å². The van der Waals surface area contributed by atoms with Crippen molar-refractivity contribution < 1.29 is 0 Å². The summed E-state index contributed by atoms with van der Waals surface area (Å²) in [5.74, 6) is 0. The van der Waals surface area contributed by atoms with Crippen LogP contribution < -0.4 is 0 Å². The molecular weight excluding hydrogens is 175 g/mol. The summed E-state index contributed by atoms with van der Waals surface area (Å²) in [5.41, 5.74) is 0. The van der Waals surface area contributed by atoms with E-state index in [0.29, 0.717) is 7.92 Å². The first-order chi connectivity index (χ1) is 6.11. The zero-order chi connectivity index (χ0) is 9.53. The van der Waals surface area contributed by atoms with Crippen molar-refractivity contribution in [1.29, 1.82) is 0 Å². The largest absolute Gasteiger partial charge is 0.0948 e. The second kappa shape index (κ2) is 3.23. The number of hydrogen-bond donors (Lipinski definition) is 0. The average Bonchev–Trinajstić information content (AvgIpc) is 2.25. The van der Waals surface area contributed by atoms with E-state index in [9.17, 15) is 0 Å². The van der Waals surface area contributed by atoms with E-state index < -0.39 is 0 Å². The third kappa shape index (κ3) is 1.46. The summed E-state index contributed by atoms with van der Waals surface area (Å²) in [6, 6.07) is 0. The molecule has 0 aliphatic carbocycles. The highest BCUT2D eigenvalue weighted by molar-refractivity contribution is 7.61. The van der Waals surface area contributed by atoms with Crippen molar-refractivity contribution in [2.24, 2.45) is 0 Å². The van der Waals surface area contributed by atoms with Gasteiger partial charge < -0.3 is 0 Å². The third-order valence-corrected chi connectivity index (χ3v) is 8.64. The van der Waals surface area contributed by atoms with E-state index in [0.717, 1.165) is 10.3 Å². The van der Waals surface area contributed by atoms with Gasteiger partial charge in [-0.2, -0.15) is 0 Å². The minimum absolute atomic E-state index is 0.328. The van der Waals surface area contributed by atoms with Gasteiger partial charge in [0.15, 0.2) is 0 Å². The number of hydrogen-bond acceptors (Lipinski definition) is 0. The standard InChI is InChI=1S/C12H23P/c1-4-13-11(2)7-5-6-8-12(13,3)10-9-11/h4-10H2,1-3H3. The summed E-state index contributed by atoms with van der Waals surface area (Å²) in [6.07, 6.45) is 10.6. The van der Waals surface area contributed by atoms with E-state index in [2.05, 4.69) is 20.8 Å². The molecule has 2 rings (SSSR count). The van der Waals surface area contributed by atoms with Gasteiger partial charge in [0.2, 0.25) is 0 Å². The highest BCUT2D eigenvalue weighted by Crippen LogP contribution is 2.72. The molecule has 0 aromatic carbocycles. The molecule has 2 bridgehead atoms. The summed E-state index contributed by atoms with van der Waals surface area (Å²) < 4.78 is 0. The minimum atomic E-state index is 0.328. The molecule has 0 aromatic heterocycles. The van der Waals surface area contributed by atoms with Crippen molar-refractivity contribution in [3.05, 3.63) is 0 Å². The minimum Gasteiger partial charge on any atom is -0.0948 e. The molecule has 2 aliphatic heterocycles. The van der Waals surface area contributed by atoms with E-state index in [1.165, 1.54) is 44.7 Å². The molecule has 0 saturated carbocycles. The van der Waals surface area contributed by atoms with E-state index in [-0.39, 0.29) is 0 Å². The third-order valence-electron chi connectivity index (χ3n) is 4.50. The van der Waals surface area contributed by atoms with Crippen LogP contribution in [0.1, 0.15) is 59.3 Å². The van der Waals surface area contributed by atoms with Crippen molar-refractivity contribution in [3.8, 4) is 0 Å². The fraction of sp³-hybridized carbons (Fsp3) is 1.00. The first-order valence-electron chi connectivity index (χ1n) is 5.88. The summed E-state index contributed by atoms with van der Waals surface area (Å²) in [4.78, 5) is 0. The van der Waals surface area contributed by atoms with Crippen molar-refractivity contribution in [2.45, 2.75) is 69.6 Å². The Labute approximate surface area is 84.2 Å². The normalized spacial score (nSPS) is 50.5. The van der Waals surface area contributed by atoms with Crippen LogP contribution >= 0.6 is 7.92 Å². The summed E-state index contributed by atoms with van der Waals surface area (Å²) in [7, 11) is 0.328. The Bertz CT molecular complexity index is 173. The van der Waals surface area contributed by atoms with Gasteiger partial charge in [-0.25, -0.2) is 0 Å². The molecule has 0 aromatic rings. The first-order valence-corrected chi connectivity index (χ1v) is 7.41. The van der Waals surface area contributed by atoms with Gasteiger partial charge in [-0.15, -0.1) is 0 Å². The van der Waals surface area contributed by atoms with Crippen molar-refractivity contribution in [1.82, 2.24) is 0 Å². The first kappa shape index (κ1) is 9.97. The lowest BCUT2D eigenvalue weighted by molar-refractivity contribution is 0.434. The van der Waals surface area contributed by atoms with Crippen molar-refractivity contribution in [3.63, 3.8) is 0 Å². The van der Waals surface area contributed by atoms with Gasteiger partial charge in [-0.3, -0.25) is 0 Å². The fourth-order valence-electron chi connectivity index (χ4n) is 3.76. The second-order valence-corrected chi connectivity index (χ2v) is 9.09. The maximum Gasteiger partial charge on any atom is -0.0118 e. The Hall–Kier alpha value is 0.430. The Morgan fingerprint density at radius 3 is 1.77 bits per heavy atom. The molecule has 2 aliphatic rings. The summed E-state index contributed by atoms with van der Waals surface area (Å²) in [6.45, 7) is 7.59. The predicted octanol–water partition coefficient (Wildman–Crippen LogP) is 4.37. The van der Waals surface area contributed by atoms with Gasteiger partial charge in [-0.05, 0) is 42.2 Å². The monoisotopic (exact) mass is 198 g/mol. The lowest BCUT2D eigenvalue weighted by atomic mass is 9.87. The molecule has 0 radical (unpaired) electrons. The van der Waals surface area contributed by atoms with Crippen LogP contribution in [0.15, 0.2) is 0 Å². The van der Waals surface area contributed by atoms with Gasteiger partial charge in [0, 0.05) is 0 Å². The highest BCUT2D eigenvalue weighted by Gasteiger charge is 2.50. The maximum atomic E-state index is 2.58. The average molecular weight is 198 g/mol. The zero-order valence-electron chi connectivity index (χ0n) is 9.40. The molecule has 2 heterocycles. The Morgan fingerprint density at radius 2 is 1.38 bits per heavy atom. The van der Waals surface area contributed by atoms with Gasteiger partial charge in [0.05, 0.1) is 0 Å². The van der Waals surface area contributed by atoms with E-state index in [1.54, 1.807) is 0 Å². The molecule has 76 valence electrons. The Balaban J connectivity index is 2.29. The van der Waals surface area contributed by atoms with E-state index in [1.807, 2.05) is 0 Å². The lowest BCUT2D eigenvalue weighted by Gasteiger charge is -2.37. The molecule has 2 saturated heterocycles. The molecule has 13 heavy (non-hydrogen) atoms. The number of rotatable bonds is 1. The molecule has 0 nitrogen and oxygen atoms in total. The van der Waals surface area contributed by atoms with Crippen molar-refractivity contribution in [2.75, 3.05) is 6.16 Å². The Kier molecular flexibility index (Phi) is 2.47. The van der Waals surface area contributed by atoms with Gasteiger partial charge >= 0.3 is 0 Å². The molecule has 0 spiro atoms. The van der Waals surface area contributed by atoms with Gasteiger partial charge in [-0.1, -0.05) is 41.5 Å². The van der Waals surface area contributed by atoms with Crippen LogP contribution in [-0.4, -0.2) is 16.5 Å². The second-order valence-electron chi connectivity index (χ2n) is 5.45. The Morgan fingerprint density at radius 1 is 0.923 bits per heavy atom. The molecule has 1 heteroatoms. The molecule has 0 amide bonds. The molecule has 2 fully saturated rings. The predicted molar refractivity (Wildman–Crippen MR) is 62.0 cm³/mol. The van der Waals surface area contributed by atoms with E-state index >= 15 is 0 Å².